The molecule has 0 unspecified atom stereocenters. The van der Waals surface area contributed by atoms with Gasteiger partial charge in [-0.25, -0.2) is 0 Å². The van der Waals surface area contributed by atoms with Crippen LogP contribution in [0, 0.1) is 0 Å². The molecule has 0 aliphatic carbocycles. The van der Waals surface area contributed by atoms with E-state index < -0.39 is 5.97 Å². The number of amides is 1. The summed E-state index contributed by atoms with van der Waals surface area (Å²) in [7, 11) is 0. The van der Waals surface area contributed by atoms with Crippen LogP contribution in [-0.2, 0) is 22.6 Å². The Hall–Kier alpha value is -3.42. The zero-order chi connectivity index (χ0) is 25.8. The van der Waals surface area contributed by atoms with Crippen molar-refractivity contribution in [1.29, 1.82) is 0 Å². The predicted octanol–water partition coefficient (Wildman–Crippen LogP) is 6.38. The van der Waals surface area contributed by atoms with Crippen LogP contribution in [0.1, 0.15) is 47.9 Å². The van der Waals surface area contributed by atoms with E-state index in [0.29, 0.717) is 17.7 Å². The average Bonchev–Trinajstić information content (AvgIpc) is 3.22. The van der Waals surface area contributed by atoms with E-state index in [0.717, 1.165) is 52.2 Å². The quantitative estimate of drug-likeness (QED) is 0.279. The number of rotatable bonds is 8. The highest BCUT2D eigenvalue weighted by Gasteiger charge is 2.28. The Bertz CT molecular complexity index is 1340. The molecule has 37 heavy (non-hydrogen) atoms. The molecular weight excluding hydrogens is 530 g/mol. The third-order valence-corrected chi connectivity index (χ3v) is 7.39. The first kappa shape index (κ1) is 25.2. The molecule has 0 atom stereocenters. The number of nitrogens with one attached hydrogen (secondary N) is 2. The van der Waals surface area contributed by atoms with Crippen molar-refractivity contribution in [2.24, 2.45) is 0 Å². The van der Waals surface area contributed by atoms with Crippen molar-refractivity contribution in [3.05, 3.63) is 93.5 Å². The highest BCUT2D eigenvalue weighted by Crippen LogP contribution is 2.39. The van der Waals surface area contributed by atoms with Gasteiger partial charge in [-0.1, -0.05) is 58.7 Å². The molecule has 0 radical (unpaired) electrons. The fourth-order valence-electron chi connectivity index (χ4n) is 5.02. The van der Waals surface area contributed by atoms with Gasteiger partial charge in [-0.3, -0.25) is 14.5 Å². The number of halogens is 1. The molecule has 2 heterocycles. The summed E-state index contributed by atoms with van der Waals surface area (Å²) in [5.41, 5.74) is 6.74. The van der Waals surface area contributed by atoms with Gasteiger partial charge in [0.05, 0.1) is 17.0 Å². The van der Waals surface area contributed by atoms with Crippen LogP contribution < -0.4 is 10.6 Å². The van der Waals surface area contributed by atoms with Crippen molar-refractivity contribution in [3.63, 3.8) is 0 Å². The van der Waals surface area contributed by atoms with Crippen molar-refractivity contribution in [1.82, 2.24) is 4.90 Å². The normalized spacial score (nSPS) is 16.7. The van der Waals surface area contributed by atoms with E-state index in [2.05, 4.69) is 55.7 Å². The summed E-state index contributed by atoms with van der Waals surface area (Å²) in [6.07, 6.45) is 4.33. The average molecular weight is 560 g/mol. The fraction of sp³-hybridized carbons (Fsp3) is 0.267. The van der Waals surface area contributed by atoms with Crippen LogP contribution in [0.5, 0.6) is 0 Å². The molecule has 0 spiro atoms. The molecule has 2 aliphatic rings. The lowest BCUT2D eigenvalue weighted by Gasteiger charge is -2.26. The fourth-order valence-corrected chi connectivity index (χ4v) is 5.38. The third kappa shape index (κ3) is 6.12. The molecule has 1 amide bonds. The minimum atomic E-state index is -0.832. The Labute approximate surface area is 225 Å². The molecule has 0 aromatic heterocycles. The summed E-state index contributed by atoms with van der Waals surface area (Å²) in [6.45, 7) is 3.25. The van der Waals surface area contributed by atoms with Crippen molar-refractivity contribution in [2.75, 3.05) is 23.7 Å². The molecule has 1 fully saturated rings. The molecule has 6 nitrogen and oxygen atoms in total. The van der Waals surface area contributed by atoms with Crippen molar-refractivity contribution < 1.29 is 14.7 Å². The molecule has 0 bridgehead atoms. The van der Waals surface area contributed by atoms with Gasteiger partial charge in [-0.2, -0.15) is 0 Å². The molecular formula is C30H30BrN3O3. The molecule has 3 aromatic rings. The number of hydrogen-bond acceptors (Lipinski definition) is 4. The van der Waals surface area contributed by atoms with Gasteiger partial charge in [0.1, 0.15) is 0 Å². The number of aryl methyl sites for hydroxylation is 1. The van der Waals surface area contributed by atoms with Crippen LogP contribution in [0.4, 0.5) is 11.4 Å². The van der Waals surface area contributed by atoms with E-state index in [-0.39, 0.29) is 12.3 Å². The lowest BCUT2D eigenvalue weighted by molar-refractivity contribution is -0.137. The topological polar surface area (TPSA) is 81.7 Å². The Morgan fingerprint density at radius 2 is 1.76 bits per heavy atom. The van der Waals surface area contributed by atoms with Gasteiger partial charge in [0.2, 0.25) is 0 Å². The van der Waals surface area contributed by atoms with Crippen molar-refractivity contribution in [3.8, 4) is 0 Å². The van der Waals surface area contributed by atoms with Crippen molar-refractivity contribution >= 4 is 50.5 Å². The maximum Gasteiger partial charge on any atom is 0.303 e. The van der Waals surface area contributed by atoms with Crippen LogP contribution in [-0.4, -0.2) is 35.0 Å². The number of carbonyl (C=O) groups excluding carboxylic acids is 1. The second kappa shape index (κ2) is 11.3. The molecule has 5 rings (SSSR count). The molecule has 1 saturated heterocycles. The van der Waals surface area contributed by atoms with Crippen molar-refractivity contribution in [2.45, 2.75) is 38.6 Å². The maximum absolute atomic E-state index is 13.2. The van der Waals surface area contributed by atoms with E-state index in [1.165, 1.54) is 24.8 Å². The monoisotopic (exact) mass is 559 g/mol. The summed E-state index contributed by atoms with van der Waals surface area (Å²) >= 11 is 3.49. The van der Waals surface area contributed by atoms with E-state index in [4.69, 9.17) is 5.11 Å². The molecule has 3 aromatic carbocycles. The molecule has 7 heteroatoms. The Morgan fingerprint density at radius 1 is 0.973 bits per heavy atom. The summed E-state index contributed by atoms with van der Waals surface area (Å²) in [5, 5.41) is 15.6. The van der Waals surface area contributed by atoms with E-state index >= 15 is 0 Å². The molecule has 190 valence electrons. The number of benzene rings is 3. The van der Waals surface area contributed by atoms with Crippen LogP contribution in [0.15, 0.2) is 71.2 Å². The summed E-state index contributed by atoms with van der Waals surface area (Å²) in [5.74, 6) is -1.00. The Kier molecular flexibility index (Phi) is 7.72. The number of nitrogens with zero attached hydrogens (tertiary/aromatic N) is 1. The number of anilines is 2. The zero-order valence-corrected chi connectivity index (χ0v) is 22.2. The summed E-state index contributed by atoms with van der Waals surface area (Å²) in [6, 6.07) is 21.9. The van der Waals surface area contributed by atoms with Crippen LogP contribution in [0.2, 0.25) is 0 Å². The maximum atomic E-state index is 13.2. The van der Waals surface area contributed by atoms with E-state index in [1.54, 1.807) is 0 Å². The first-order chi connectivity index (χ1) is 18.0. The highest BCUT2D eigenvalue weighted by atomic mass is 79.9. The third-order valence-electron chi connectivity index (χ3n) is 6.90. The number of carboxylic acids is 1. The van der Waals surface area contributed by atoms with Gasteiger partial charge < -0.3 is 15.7 Å². The van der Waals surface area contributed by atoms with Gasteiger partial charge in [-0.05, 0) is 79.4 Å². The minimum Gasteiger partial charge on any atom is -0.481 e. The summed E-state index contributed by atoms with van der Waals surface area (Å²) < 4.78 is 0.891. The number of hydrogen-bond donors (Lipinski definition) is 3. The minimum absolute atomic E-state index is 0.0542. The second-order valence-electron chi connectivity index (χ2n) is 9.65. The molecule has 0 saturated carbocycles. The number of carbonyl (C=O) groups is 2. The summed E-state index contributed by atoms with van der Waals surface area (Å²) in [4.78, 5) is 26.8. The molecule has 2 aliphatic heterocycles. The van der Waals surface area contributed by atoms with Gasteiger partial charge in [-0.15, -0.1) is 0 Å². The van der Waals surface area contributed by atoms with Gasteiger partial charge in [0.25, 0.3) is 5.91 Å². The van der Waals surface area contributed by atoms with Gasteiger partial charge >= 0.3 is 5.97 Å². The van der Waals surface area contributed by atoms with Crippen LogP contribution in [0.25, 0.3) is 11.3 Å². The predicted molar refractivity (Wildman–Crippen MR) is 151 cm³/mol. The Morgan fingerprint density at radius 3 is 2.51 bits per heavy atom. The molecule has 3 N–H and O–H groups in total. The first-order valence-electron chi connectivity index (χ1n) is 12.7. The largest absolute Gasteiger partial charge is 0.481 e. The smallest absolute Gasteiger partial charge is 0.303 e. The Balaban J connectivity index is 1.49. The second-order valence-corrected chi connectivity index (χ2v) is 10.6. The van der Waals surface area contributed by atoms with Gasteiger partial charge in [0.15, 0.2) is 0 Å². The lowest BCUT2D eigenvalue weighted by atomic mass is 9.97. The van der Waals surface area contributed by atoms with Crippen LogP contribution in [0.3, 0.4) is 0 Å². The number of carboxylic acid groups (broad SMARTS) is 1. The number of aliphatic carboxylic acids is 1. The number of fused-ring (bicyclic) bond motifs is 1. The highest BCUT2D eigenvalue weighted by molar-refractivity contribution is 9.10. The van der Waals surface area contributed by atoms with Crippen LogP contribution >= 0.6 is 15.9 Å². The van der Waals surface area contributed by atoms with E-state index in [1.807, 2.05) is 42.5 Å². The first-order valence-corrected chi connectivity index (χ1v) is 13.5. The van der Waals surface area contributed by atoms with E-state index in [9.17, 15) is 9.59 Å². The van der Waals surface area contributed by atoms with Gasteiger partial charge in [0, 0.05) is 28.7 Å². The standard InChI is InChI=1S/C30H30BrN3O3/c31-23-10-13-25-26(18-23)33-30(37)28(25)29(22-6-4-5-20(17-22)9-14-27(35)36)32-24-11-7-21(8-12-24)19-34-15-2-1-3-16-34/h4-8,10-13,17-18,32H,1-3,9,14-16,19H2,(H,33,37)(H,35,36)/b29-28-. The number of likely N-dealkylation sites (tertiary alicyclic amines) is 1. The lowest BCUT2D eigenvalue weighted by Crippen LogP contribution is -2.29. The zero-order valence-electron chi connectivity index (χ0n) is 20.6. The number of piperidine rings is 1. The SMILES string of the molecule is O=C(O)CCc1cccc(/C(Nc2ccc(CN3CCCCC3)cc2)=C2/C(=O)Nc3cc(Br)ccc32)c1.